The molecule has 1 aliphatic heterocycles. The molecule has 1 aromatic rings. The monoisotopic (exact) mass is 250 g/mol. The van der Waals surface area contributed by atoms with Crippen LogP contribution >= 0.6 is 0 Å². The fourth-order valence-electron chi connectivity index (χ4n) is 2.09. The number of ether oxygens (including phenoxy) is 1. The van der Waals surface area contributed by atoms with Crippen molar-refractivity contribution in [2.24, 2.45) is 5.73 Å². The quantitative estimate of drug-likeness (QED) is 0.693. The molecule has 2 heterocycles. The lowest BCUT2D eigenvalue weighted by Crippen LogP contribution is -2.34. The second kappa shape index (κ2) is 5.32. The Balaban J connectivity index is 2.22. The minimum atomic E-state index is -0.482. The summed E-state index contributed by atoms with van der Waals surface area (Å²) in [7, 11) is 1.67. The highest BCUT2D eigenvalue weighted by molar-refractivity contribution is 5.97. The second-order valence-electron chi connectivity index (χ2n) is 4.40. The van der Waals surface area contributed by atoms with Gasteiger partial charge in [0.25, 0.3) is 5.91 Å². The molecule has 2 rings (SSSR count). The molecule has 1 unspecified atom stereocenters. The van der Waals surface area contributed by atoms with Gasteiger partial charge in [-0.05, 0) is 19.1 Å². The van der Waals surface area contributed by atoms with Crippen molar-refractivity contribution in [1.82, 2.24) is 10.3 Å². The molecule has 0 aromatic carbocycles. The van der Waals surface area contributed by atoms with Crippen molar-refractivity contribution in [3.8, 4) is 0 Å². The third-order valence-corrected chi connectivity index (χ3v) is 3.08. The van der Waals surface area contributed by atoms with Crippen molar-refractivity contribution < 1.29 is 9.53 Å². The highest BCUT2D eigenvalue weighted by Gasteiger charge is 2.28. The van der Waals surface area contributed by atoms with Crippen LogP contribution in [0, 0.1) is 6.92 Å². The number of hydrogen-bond donors (Lipinski definition) is 3. The Labute approximate surface area is 106 Å². The number of nitrogens with one attached hydrogen (secondary N) is 2. The number of anilines is 1. The van der Waals surface area contributed by atoms with Gasteiger partial charge in [0.2, 0.25) is 0 Å². The van der Waals surface area contributed by atoms with E-state index < -0.39 is 5.91 Å². The summed E-state index contributed by atoms with van der Waals surface area (Å²) in [6.07, 6.45) is 0.0630. The Bertz CT molecular complexity index is 450. The largest absolute Gasteiger partial charge is 0.378 e. The van der Waals surface area contributed by atoms with E-state index in [9.17, 15) is 4.79 Å². The maximum atomic E-state index is 11.4. The van der Waals surface area contributed by atoms with Crippen molar-refractivity contribution >= 4 is 11.7 Å². The zero-order valence-electron chi connectivity index (χ0n) is 10.6. The van der Waals surface area contributed by atoms with E-state index in [-0.39, 0.29) is 12.1 Å². The topological polar surface area (TPSA) is 89.3 Å². The van der Waals surface area contributed by atoms with E-state index in [4.69, 9.17) is 10.5 Å². The van der Waals surface area contributed by atoms with Crippen LogP contribution in [0.1, 0.15) is 16.1 Å². The van der Waals surface area contributed by atoms with Gasteiger partial charge in [-0.25, -0.2) is 4.98 Å². The summed E-state index contributed by atoms with van der Waals surface area (Å²) in [4.78, 5) is 15.7. The number of primary amides is 1. The lowest BCUT2D eigenvalue weighted by atomic mass is 10.1. The van der Waals surface area contributed by atoms with Gasteiger partial charge in [0.1, 0.15) is 5.82 Å². The number of hydrogen-bond acceptors (Lipinski definition) is 5. The number of aryl methyl sites for hydroxylation is 1. The molecule has 0 aliphatic carbocycles. The smallest absolute Gasteiger partial charge is 0.252 e. The molecule has 0 spiro atoms. The zero-order chi connectivity index (χ0) is 13.1. The van der Waals surface area contributed by atoms with E-state index in [0.717, 1.165) is 18.8 Å². The fraction of sp³-hybridized carbons (Fsp3) is 0.500. The van der Waals surface area contributed by atoms with Gasteiger partial charge in [0.05, 0.1) is 17.7 Å². The van der Waals surface area contributed by atoms with Gasteiger partial charge in [0, 0.05) is 25.9 Å². The number of carbonyl (C=O) groups is 1. The maximum absolute atomic E-state index is 11.4. The van der Waals surface area contributed by atoms with Crippen molar-refractivity contribution in [3.05, 3.63) is 23.4 Å². The minimum absolute atomic E-state index is 0.0630. The first-order valence-electron chi connectivity index (χ1n) is 5.89. The van der Waals surface area contributed by atoms with E-state index in [1.807, 2.05) is 6.92 Å². The Morgan fingerprint density at radius 1 is 1.56 bits per heavy atom. The number of pyridine rings is 1. The molecular weight excluding hydrogens is 232 g/mol. The van der Waals surface area contributed by atoms with E-state index in [1.165, 1.54) is 0 Å². The van der Waals surface area contributed by atoms with Gasteiger partial charge in [-0.1, -0.05) is 0 Å². The average Bonchev–Trinajstić information content (AvgIpc) is 2.76. The van der Waals surface area contributed by atoms with Crippen molar-refractivity contribution in [2.45, 2.75) is 19.1 Å². The van der Waals surface area contributed by atoms with E-state index >= 15 is 0 Å². The molecule has 1 fully saturated rings. The molecule has 0 radical (unpaired) electrons. The molecule has 4 N–H and O–H groups in total. The van der Waals surface area contributed by atoms with Gasteiger partial charge < -0.3 is 21.1 Å². The number of methoxy groups -OCH3 is 1. The predicted octanol–water partition coefficient (Wildman–Crippen LogP) is -0.112. The summed E-state index contributed by atoms with van der Waals surface area (Å²) < 4.78 is 5.36. The molecule has 18 heavy (non-hydrogen) atoms. The van der Waals surface area contributed by atoms with E-state index in [0.29, 0.717) is 11.4 Å². The van der Waals surface area contributed by atoms with Crippen molar-refractivity contribution in [2.75, 3.05) is 25.5 Å². The molecule has 6 heteroatoms. The standard InChI is InChI=1S/C12H18N4O2/c1-7-3-4-8(11(13)17)12(15-7)16-9-5-14-6-10(9)18-2/h3-4,9-10,14H,5-6H2,1-2H3,(H2,13,17)(H,15,16)/t9?,10-/m0/s1. The number of amides is 1. The van der Waals surface area contributed by atoms with Crippen LogP contribution in [0.3, 0.4) is 0 Å². The first kappa shape index (κ1) is 12.8. The Hall–Kier alpha value is -1.66. The van der Waals surface area contributed by atoms with Crippen molar-refractivity contribution in [3.63, 3.8) is 0 Å². The number of carbonyl (C=O) groups excluding carboxylic acids is 1. The zero-order valence-corrected chi connectivity index (χ0v) is 10.6. The van der Waals surface area contributed by atoms with Crippen molar-refractivity contribution in [1.29, 1.82) is 0 Å². The Kier molecular flexibility index (Phi) is 3.78. The molecule has 0 saturated carbocycles. The summed E-state index contributed by atoms with van der Waals surface area (Å²) in [5.41, 5.74) is 6.58. The highest BCUT2D eigenvalue weighted by atomic mass is 16.5. The van der Waals surface area contributed by atoms with Crippen LogP contribution in [0.15, 0.2) is 12.1 Å². The van der Waals surface area contributed by atoms with Gasteiger partial charge >= 0.3 is 0 Å². The molecule has 1 saturated heterocycles. The summed E-state index contributed by atoms with van der Waals surface area (Å²) in [6.45, 7) is 3.43. The van der Waals surface area contributed by atoms with Gasteiger partial charge in [-0.2, -0.15) is 0 Å². The molecule has 1 aliphatic rings. The number of rotatable bonds is 4. The van der Waals surface area contributed by atoms with Crippen LogP contribution in [-0.2, 0) is 4.74 Å². The normalized spacial score (nSPS) is 23.0. The van der Waals surface area contributed by atoms with Gasteiger partial charge in [0.15, 0.2) is 0 Å². The lowest BCUT2D eigenvalue weighted by molar-refractivity contribution is 0.0999. The predicted molar refractivity (Wildman–Crippen MR) is 68.6 cm³/mol. The maximum Gasteiger partial charge on any atom is 0.252 e. The van der Waals surface area contributed by atoms with Gasteiger partial charge in [-0.15, -0.1) is 0 Å². The summed E-state index contributed by atoms with van der Waals surface area (Å²) in [6, 6.07) is 3.55. The molecular formula is C12H18N4O2. The number of aromatic nitrogens is 1. The third kappa shape index (κ3) is 2.60. The molecule has 2 atom stereocenters. The minimum Gasteiger partial charge on any atom is -0.378 e. The van der Waals surface area contributed by atoms with E-state index in [1.54, 1.807) is 19.2 Å². The SMILES string of the molecule is CO[C@H]1CNCC1Nc1nc(C)ccc1C(N)=O. The highest BCUT2D eigenvalue weighted by Crippen LogP contribution is 2.17. The van der Waals surface area contributed by atoms with Gasteiger partial charge in [-0.3, -0.25) is 4.79 Å². The number of nitrogens with two attached hydrogens (primary N) is 1. The Morgan fingerprint density at radius 3 is 3.00 bits per heavy atom. The van der Waals surface area contributed by atoms with Crippen LogP contribution < -0.4 is 16.4 Å². The number of nitrogens with zero attached hydrogens (tertiary/aromatic N) is 1. The molecule has 1 aromatic heterocycles. The summed E-state index contributed by atoms with van der Waals surface area (Å²) in [5.74, 6) is 0.0446. The van der Waals surface area contributed by atoms with Crippen LogP contribution in [0.2, 0.25) is 0 Å². The fourth-order valence-corrected chi connectivity index (χ4v) is 2.09. The van der Waals surface area contributed by atoms with Crippen LogP contribution in [0.4, 0.5) is 5.82 Å². The summed E-state index contributed by atoms with van der Waals surface area (Å²) >= 11 is 0. The summed E-state index contributed by atoms with van der Waals surface area (Å²) in [5, 5.41) is 6.46. The lowest BCUT2D eigenvalue weighted by Gasteiger charge is -2.20. The first-order chi connectivity index (χ1) is 8.61. The average molecular weight is 250 g/mol. The Morgan fingerprint density at radius 2 is 2.33 bits per heavy atom. The van der Waals surface area contributed by atoms with E-state index in [2.05, 4.69) is 15.6 Å². The van der Waals surface area contributed by atoms with Crippen LogP contribution in [0.5, 0.6) is 0 Å². The molecule has 1 amide bonds. The molecule has 0 bridgehead atoms. The van der Waals surface area contributed by atoms with Crippen LogP contribution in [0.25, 0.3) is 0 Å². The first-order valence-corrected chi connectivity index (χ1v) is 5.89. The van der Waals surface area contributed by atoms with Crippen LogP contribution in [-0.4, -0.2) is 43.2 Å². The third-order valence-electron chi connectivity index (χ3n) is 3.08. The second-order valence-corrected chi connectivity index (χ2v) is 4.40. The molecule has 6 nitrogen and oxygen atoms in total. The molecule has 98 valence electrons.